The molecular weight excluding hydrogens is 278 g/mol. The quantitative estimate of drug-likeness (QED) is 0.765. The highest BCUT2D eigenvalue weighted by molar-refractivity contribution is 7.90. The van der Waals surface area contributed by atoms with Crippen molar-refractivity contribution in [2.45, 2.75) is 13.8 Å². The van der Waals surface area contributed by atoms with Crippen LogP contribution >= 0.6 is 0 Å². The first-order chi connectivity index (χ1) is 9.30. The lowest BCUT2D eigenvalue weighted by Gasteiger charge is -2.30. The largest absolute Gasteiger partial charge is 0.341 e. The van der Waals surface area contributed by atoms with Crippen molar-refractivity contribution in [3.8, 4) is 0 Å². The van der Waals surface area contributed by atoms with Gasteiger partial charge in [0.25, 0.3) is 15.9 Å². The number of sulfonamides is 1. The molecule has 0 aromatic heterocycles. The van der Waals surface area contributed by atoms with Crippen LogP contribution in [-0.2, 0) is 14.8 Å². The van der Waals surface area contributed by atoms with Crippen LogP contribution in [0.25, 0.3) is 0 Å². The summed E-state index contributed by atoms with van der Waals surface area (Å²) in [7, 11) is -1.76. The number of carbonyl (C=O) groups is 1. The molecule has 0 radical (unpaired) electrons. The molecule has 6 nitrogen and oxygen atoms in total. The Bertz CT molecular complexity index is 602. The normalized spacial score (nSPS) is 20.3. The predicted molar refractivity (Wildman–Crippen MR) is 77.6 cm³/mol. The van der Waals surface area contributed by atoms with Gasteiger partial charge in [-0.1, -0.05) is 13.8 Å². The van der Waals surface area contributed by atoms with Crippen molar-refractivity contribution in [3.05, 3.63) is 23.9 Å². The number of rotatable bonds is 3. The fourth-order valence-electron chi connectivity index (χ4n) is 2.22. The molecule has 0 aliphatic carbocycles. The Morgan fingerprint density at radius 2 is 2.20 bits per heavy atom. The van der Waals surface area contributed by atoms with E-state index in [1.165, 1.54) is 0 Å². The zero-order valence-corrected chi connectivity index (χ0v) is 12.7. The maximum absolute atomic E-state index is 12.4. The van der Waals surface area contributed by atoms with E-state index >= 15 is 0 Å². The maximum atomic E-state index is 12.4. The number of fused-ring (bicyclic) bond motifs is 1. The van der Waals surface area contributed by atoms with Gasteiger partial charge in [-0.05, 0) is 18.1 Å². The van der Waals surface area contributed by atoms with Crippen LogP contribution in [0.3, 0.4) is 0 Å². The van der Waals surface area contributed by atoms with Gasteiger partial charge in [-0.2, -0.15) is 0 Å². The number of hydrogen-bond acceptors (Lipinski definition) is 4. The third-order valence-electron chi connectivity index (χ3n) is 3.07. The van der Waals surface area contributed by atoms with Crippen molar-refractivity contribution in [3.63, 3.8) is 0 Å². The molecule has 0 saturated carbocycles. The van der Waals surface area contributed by atoms with Crippen molar-refractivity contribution < 1.29 is 13.2 Å². The first-order valence-corrected chi connectivity index (χ1v) is 8.14. The van der Waals surface area contributed by atoms with Gasteiger partial charge in [-0.25, -0.2) is 8.42 Å². The Labute approximate surface area is 119 Å². The molecule has 0 spiro atoms. The molecule has 2 aliphatic heterocycles. The second-order valence-electron chi connectivity index (χ2n) is 5.40. The van der Waals surface area contributed by atoms with Gasteiger partial charge in [-0.15, -0.1) is 4.40 Å². The number of amides is 1. The SMILES string of the molecule is CC(C)CN(C)C(=O)C1=CC=CN2CCS(=O)(=O)N=C12. The molecule has 2 aliphatic rings. The van der Waals surface area contributed by atoms with Crippen molar-refractivity contribution in [2.24, 2.45) is 10.3 Å². The van der Waals surface area contributed by atoms with E-state index in [9.17, 15) is 13.2 Å². The van der Waals surface area contributed by atoms with E-state index < -0.39 is 10.0 Å². The van der Waals surface area contributed by atoms with Crippen molar-refractivity contribution >= 4 is 21.8 Å². The number of carbonyl (C=O) groups excluding carboxylic acids is 1. The molecule has 0 saturated heterocycles. The number of amidine groups is 1. The summed E-state index contributed by atoms with van der Waals surface area (Å²) in [5.74, 6) is 0.351. The minimum Gasteiger partial charge on any atom is -0.341 e. The molecule has 20 heavy (non-hydrogen) atoms. The Hall–Kier alpha value is -1.63. The van der Waals surface area contributed by atoms with Crippen LogP contribution in [0.1, 0.15) is 13.8 Å². The van der Waals surface area contributed by atoms with Crippen LogP contribution in [0, 0.1) is 5.92 Å². The van der Waals surface area contributed by atoms with E-state index in [1.54, 1.807) is 35.2 Å². The molecule has 0 atom stereocenters. The van der Waals surface area contributed by atoms with Gasteiger partial charge in [0, 0.05) is 26.3 Å². The summed E-state index contributed by atoms with van der Waals surface area (Å²) >= 11 is 0. The van der Waals surface area contributed by atoms with Gasteiger partial charge < -0.3 is 9.80 Å². The van der Waals surface area contributed by atoms with Gasteiger partial charge >= 0.3 is 0 Å². The topological polar surface area (TPSA) is 70.1 Å². The van der Waals surface area contributed by atoms with Gasteiger partial charge in [0.1, 0.15) is 0 Å². The average Bonchev–Trinajstić information content (AvgIpc) is 2.35. The zero-order chi connectivity index (χ0) is 14.9. The molecule has 0 aromatic rings. The summed E-state index contributed by atoms with van der Waals surface area (Å²) < 4.78 is 27.0. The summed E-state index contributed by atoms with van der Waals surface area (Å²) in [5, 5.41) is 0. The summed E-state index contributed by atoms with van der Waals surface area (Å²) in [5.41, 5.74) is 0.332. The monoisotopic (exact) mass is 297 g/mol. The molecule has 0 unspecified atom stereocenters. The predicted octanol–water partition coefficient (Wildman–Crippen LogP) is 0.598. The smallest absolute Gasteiger partial charge is 0.257 e. The summed E-state index contributed by atoms with van der Waals surface area (Å²) in [6.45, 7) is 4.98. The Morgan fingerprint density at radius 3 is 2.85 bits per heavy atom. The van der Waals surface area contributed by atoms with Gasteiger partial charge in [0.2, 0.25) is 0 Å². The standard InChI is InChI=1S/C13H19N3O3S/c1-10(2)9-15(3)13(17)11-5-4-6-16-7-8-20(18,19)14-12(11)16/h4-6,10H,7-9H2,1-3H3. The number of likely N-dealkylation sites (N-methyl/N-ethyl adjacent to an activating group) is 1. The fourth-order valence-corrected chi connectivity index (χ4v) is 3.20. The second kappa shape index (κ2) is 5.40. The van der Waals surface area contributed by atoms with E-state index in [-0.39, 0.29) is 17.5 Å². The number of allylic oxidation sites excluding steroid dienone is 2. The Morgan fingerprint density at radius 1 is 1.50 bits per heavy atom. The van der Waals surface area contributed by atoms with E-state index in [1.807, 2.05) is 13.8 Å². The molecule has 2 rings (SSSR count). The molecule has 0 aromatic carbocycles. The van der Waals surface area contributed by atoms with Crippen LogP contribution in [0.4, 0.5) is 0 Å². The fraction of sp³-hybridized carbons (Fsp3) is 0.538. The third kappa shape index (κ3) is 3.09. The van der Waals surface area contributed by atoms with Gasteiger partial charge in [0.15, 0.2) is 5.84 Å². The molecule has 1 amide bonds. The molecule has 0 fully saturated rings. The first kappa shape index (κ1) is 14.8. The lowest BCUT2D eigenvalue weighted by Crippen LogP contribution is -2.43. The minimum absolute atomic E-state index is 0.0237. The van der Waals surface area contributed by atoms with E-state index in [0.29, 0.717) is 24.6 Å². The highest BCUT2D eigenvalue weighted by Crippen LogP contribution is 2.19. The number of hydrogen-bond donors (Lipinski definition) is 0. The van der Waals surface area contributed by atoms with Crippen LogP contribution < -0.4 is 0 Å². The van der Waals surface area contributed by atoms with Crippen LogP contribution in [0.2, 0.25) is 0 Å². The third-order valence-corrected chi connectivity index (χ3v) is 4.22. The second-order valence-corrected chi connectivity index (χ2v) is 7.15. The number of nitrogens with zero attached hydrogens (tertiary/aromatic N) is 3. The summed E-state index contributed by atoms with van der Waals surface area (Å²) in [4.78, 5) is 15.7. The van der Waals surface area contributed by atoms with Crippen LogP contribution in [-0.4, -0.2) is 55.9 Å². The van der Waals surface area contributed by atoms with Crippen LogP contribution in [0.15, 0.2) is 28.3 Å². The maximum Gasteiger partial charge on any atom is 0.257 e. The average molecular weight is 297 g/mol. The van der Waals surface area contributed by atoms with Gasteiger partial charge in [0.05, 0.1) is 11.3 Å². The Balaban J connectivity index is 2.31. The molecule has 110 valence electrons. The van der Waals surface area contributed by atoms with Crippen molar-refractivity contribution in [1.29, 1.82) is 0 Å². The van der Waals surface area contributed by atoms with E-state index in [0.717, 1.165) is 0 Å². The van der Waals surface area contributed by atoms with E-state index in [2.05, 4.69) is 4.40 Å². The first-order valence-electron chi connectivity index (χ1n) is 6.54. The molecule has 2 heterocycles. The lowest BCUT2D eigenvalue weighted by molar-refractivity contribution is -0.125. The Kier molecular flexibility index (Phi) is 3.99. The molecule has 7 heteroatoms. The molecular formula is C13H19N3O3S. The van der Waals surface area contributed by atoms with Crippen molar-refractivity contribution in [2.75, 3.05) is 25.9 Å². The summed E-state index contributed by atoms with van der Waals surface area (Å²) in [6, 6.07) is 0. The van der Waals surface area contributed by atoms with E-state index in [4.69, 9.17) is 0 Å². The van der Waals surface area contributed by atoms with Gasteiger partial charge in [-0.3, -0.25) is 4.79 Å². The minimum atomic E-state index is -3.47. The molecule has 0 N–H and O–H groups in total. The lowest BCUT2D eigenvalue weighted by atomic mass is 10.1. The highest BCUT2D eigenvalue weighted by atomic mass is 32.2. The highest BCUT2D eigenvalue weighted by Gasteiger charge is 2.31. The zero-order valence-electron chi connectivity index (χ0n) is 11.9. The van der Waals surface area contributed by atoms with Crippen LogP contribution in [0.5, 0.6) is 0 Å². The molecule has 0 bridgehead atoms. The summed E-state index contributed by atoms with van der Waals surface area (Å²) in [6.07, 6.45) is 5.11. The van der Waals surface area contributed by atoms with Crippen molar-refractivity contribution in [1.82, 2.24) is 9.80 Å².